The normalized spacial score (nSPS) is 10.1. The predicted molar refractivity (Wildman–Crippen MR) is 63.4 cm³/mol. The third-order valence-corrected chi connectivity index (χ3v) is 2.98. The molecule has 7 heteroatoms. The molecule has 0 spiro atoms. The van der Waals surface area contributed by atoms with E-state index in [9.17, 15) is 14.0 Å². The molecule has 0 saturated heterocycles. The molecule has 92 valence electrons. The van der Waals surface area contributed by atoms with Gasteiger partial charge in [-0.1, -0.05) is 0 Å². The molecule has 2 aromatic heterocycles. The van der Waals surface area contributed by atoms with Gasteiger partial charge in [0.2, 0.25) is 0 Å². The van der Waals surface area contributed by atoms with E-state index in [2.05, 4.69) is 10.3 Å². The van der Waals surface area contributed by atoms with Gasteiger partial charge >= 0.3 is 5.97 Å². The molecule has 0 bridgehead atoms. The highest BCUT2D eigenvalue weighted by Gasteiger charge is 2.15. The van der Waals surface area contributed by atoms with Crippen molar-refractivity contribution in [3.63, 3.8) is 0 Å². The Balaban J connectivity index is 2.21. The van der Waals surface area contributed by atoms with Gasteiger partial charge in [-0.15, -0.1) is 11.3 Å². The molecule has 0 atom stereocenters. The number of rotatable bonds is 3. The summed E-state index contributed by atoms with van der Waals surface area (Å²) in [6, 6.07) is 2.49. The van der Waals surface area contributed by atoms with Crippen LogP contribution in [0, 0.1) is 5.82 Å². The zero-order valence-corrected chi connectivity index (χ0v) is 9.70. The molecule has 2 aromatic rings. The lowest BCUT2D eigenvalue weighted by Crippen LogP contribution is -2.13. The molecule has 2 heterocycles. The van der Waals surface area contributed by atoms with Gasteiger partial charge in [-0.2, -0.15) is 0 Å². The number of nitrogens with zero attached hydrogens (tertiary/aromatic N) is 1. The Labute approximate surface area is 105 Å². The molecule has 2 N–H and O–H groups in total. The van der Waals surface area contributed by atoms with Gasteiger partial charge in [0.1, 0.15) is 10.7 Å². The number of aromatic carboxylic acids is 1. The fraction of sp³-hybridized carbons (Fsp3) is 0. The number of carbonyl (C=O) groups excluding carboxylic acids is 1. The second-order valence-corrected chi connectivity index (χ2v) is 4.23. The molecule has 0 radical (unpaired) electrons. The van der Waals surface area contributed by atoms with Crippen LogP contribution in [0.4, 0.5) is 10.1 Å². The van der Waals surface area contributed by atoms with Crippen molar-refractivity contribution in [2.75, 3.05) is 5.32 Å². The third kappa shape index (κ3) is 2.51. The van der Waals surface area contributed by atoms with Gasteiger partial charge < -0.3 is 10.4 Å². The second-order valence-electron chi connectivity index (χ2n) is 3.31. The van der Waals surface area contributed by atoms with Gasteiger partial charge in [-0.25, -0.2) is 9.18 Å². The number of carboxylic acid groups (broad SMARTS) is 1. The number of carbonyl (C=O) groups is 2. The van der Waals surface area contributed by atoms with E-state index in [1.165, 1.54) is 12.3 Å². The number of hydrogen-bond donors (Lipinski definition) is 2. The first kappa shape index (κ1) is 12.2. The van der Waals surface area contributed by atoms with Crippen LogP contribution >= 0.6 is 11.3 Å². The van der Waals surface area contributed by atoms with Crippen LogP contribution in [-0.4, -0.2) is 22.0 Å². The van der Waals surface area contributed by atoms with Crippen LogP contribution in [0.2, 0.25) is 0 Å². The third-order valence-electron chi connectivity index (χ3n) is 2.07. The van der Waals surface area contributed by atoms with Gasteiger partial charge in [-0.3, -0.25) is 9.78 Å². The predicted octanol–water partition coefficient (Wildman–Crippen LogP) is 2.23. The van der Waals surface area contributed by atoms with Gasteiger partial charge in [0.25, 0.3) is 5.91 Å². The Hall–Kier alpha value is -2.28. The van der Waals surface area contributed by atoms with E-state index >= 15 is 0 Å². The number of anilines is 1. The maximum Gasteiger partial charge on any atom is 0.348 e. The highest BCUT2D eigenvalue weighted by Crippen LogP contribution is 2.22. The van der Waals surface area contributed by atoms with Crippen molar-refractivity contribution in [1.82, 2.24) is 4.98 Å². The first-order chi connectivity index (χ1) is 8.58. The van der Waals surface area contributed by atoms with E-state index in [-0.39, 0.29) is 16.1 Å². The van der Waals surface area contributed by atoms with Crippen LogP contribution in [0.15, 0.2) is 29.9 Å². The zero-order chi connectivity index (χ0) is 13.1. The molecular formula is C11H7FN2O3S. The molecule has 0 fully saturated rings. The van der Waals surface area contributed by atoms with Gasteiger partial charge in [0.15, 0.2) is 0 Å². The van der Waals surface area contributed by atoms with Crippen LogP contribution in [0.1, 0.15) is 20.0 Å². The zero-order valence-electron chi connectivity index (χ0n) is 8.88. The summed E-state index contributed by atoms with van der Waals surface area (Å²) >= 11 is 0.994. The van der Waals surface area contributed by atoms with Crippen molar-refractivity contribution in [1.29, 1.82) is 0 Å². The number of amides is 1. The van der Waals surface area contributed by atoms with Crippen LogP contribution in [0.25, 0.3) is 0 Å². The first-order valence-electron chi connectivity index (χ1n) is 4.80. The Morgan fingerprint density at radius 2 is 2.17 bits per heavy atom. The van der Waals surface area contributed by atoms with Crippen molar-refractivity contribution >= 4 is 28.9 Å². The van der Waals surface area contributed by atoms with Crippen molar-refractivity contribution in [2.24, 2.45) is 0 Å². The van der Waals surface area contributed by atoms with Crippen molar-refractivity contribution in [3.05, 3.63) is 46.2 Å². The monoisotopic (exact) mass is 266 g/mol. The number of hydrogen-bond acceptors (Lipinski definition) is 4. The molecular weight excluding hydrogens is 259 g/mol. The molecule has 0 aliphatic rings. The van der Waals surface area contributed by atoms with Crippen LogP contribution < -0.4 is 5.32 Å². The van der Waals surface area contributed by atoms with Crippen molar-refractivity contribution in [3.8, 4) is 0 Å². The first-order valence-corrected chi connectivity index (χ1v) is 5.68. The summed E-state index contributed by atoms with van der Waals surface area (Å²) in [5.74, 6) is -2.37. The molecule has 1 amide bonds. The summed E-state index contributed by atoms with van der Waals surface area (Å²) in [6.45, 7) is 0. The topological polar surface area (TPSA) is 79.3 Å². The van der Waals surface area contributed by atoms with E-state index in [1.807, 2.05) is 0 Å². The van der Waals surface area contributed by atoms with Crippen LogP contribution in [0.5, 0.6) is 0 Å². The fourth-order valence-electron chi connectivity index (χ4n) is 1.30. The van der Waals surface area contributed by atoms with Gasteiger partial charge in [-0.05, 0) is 17.5 Å². The van der Waals surface area contributed by atoms with Crippen molar-refractivity contribution in [2.45, 2.75) is 0 Å². The summed E-state index contributed by atoms with van der Waals surface area (Å²) in [4.78, 5) is 26.1. The smallest absolute Gasteiger partial charge is 0.348 e. The number of carboxylic acids is 1. The maximum atomic E-state index is 12.9. The van der Waals surface area contributed by atoms with Gasteiger partial charge in [0.05, 0.1) is 17.4 Å². The molecule has 5 nitrogen and oxygen atoms in total. The molecule has 2 rings (SSSR count). The minimum absolute atomic E-state index is 0.0210. The van der Waals surface area contributed by atoms with E-state index in [0.717, 1.165) is 23.6 Å². The molecule has 0 aromatic carbocycles. The summed E-state index contributed by atoms with van der Waals surface area (Å²) in [5.41, 5.74) is 0.208. The average Bonchev–Trinajstić information content (AvgIpc) is 2.77. The lowest BCUT2D eigenvalue weighted by atomic mass is 10.2. The Morgan fingerprint density at radius 1 is 1.39 bits per heavy atom. The molecule has 0 saturated carbocycles. The molecule has 0 unspecified atom stereocenters. The Kier molecular flexibility index (Phi) is 3.33. The van der Waals surface area contributed by atoms with E-state index in [4.69, 9.17) is 5.11 Å². The number of nitrogens with one attached hydrogen (secondary N) is 1. The van der Waals surface area contributed by atoms with Gasteiger partial charge in [0, 0.05) is 6.20 Å². The number of aromatic nitrogens is 1. The molecule has 18 heavy (non-hydrogen) atoms. The van der Waals surface area contributed by atoms with Crippen LogP contribution in [0.3, 0.4) is 0 Å². The highest BCUT2D eigenvalue weighted by atomic mass is 32.1. The number of pyridine rings is 1. The van der Waals surface area contributed by atoms with E-state index < -0.39 is 17.7 Å². The number of thiophene rings is 1. The largest absolute Gasteiger partial charge is 0.477 e. The highest BCUT2D eigenvalue weighted by molar-refractivity contribution is 7.12. The lowest BCUT2D eigenvalue weighted by Gasteiger charge is -2.04. The van der Waals surface area contributed by atoms with E-state index in [0.29, 0.717) is 0 Å². The summed E-state index contributed by atoms with van der Waals surface area (Å²) in [7, 11) is 0. The van der Waals surface area contributed by atoms with Crippen molar-refractivity contribution < 1.29 is 19.1 Å². The minimum Gasteiger partial charge on any atom is -0.477 e. The SMILES string of the molecule is O=C(Nc1ccsc1C(=O)O)c1cncc(F)c1. The standard InChI is InChI=1S/C11H7FN2O3S/c12-7-3-6(4-13-5-7)10(15)14-8-1-2-18-9(8)11(16)17/h1-5H,(H,14,15)(H,16,17). The molecule has 0 aliphatic heterocycles. The minimum atomic E-state index is -1.13. The quantitative estimate of drug-likeness (QED) is 0.892. The lowest BCUT2D eigenvalue weighted by molar-refractivity contribution is 0.0703. The molecule has 0 aliphatic carbocycles. The summed E-state index contributed by atoms with van der Waals surface area (Å²) < 4.78 is 12.9. The average molecular weight is 266 g/mol. The Morgan fingerprint density at radius 3 is 2.83 bits per heavy atom. The fourth-order valence-corrected chi connectivity index (χ4v) is 1.99. The maximum absolute atomic E-state index is 12.9. The number of halogens is 1. The Bertz CT molecular complexity index is 612. The van der Waals surface area contributed by atoms with Crippen LogP contribution in [-0.2, 0) is 0 Å². The second kappa shape index (κ2) is 4.92. The van der Waals surface area contributed by atoms with E-state index in [1.54, 1.807) is 5.38 Å². The summed E-state index contributed by atoms with van der Waals surface area (Å²) in [5, 5.41) is 12.8. The summed E-state index contributed by atoms with van der Waals surface area (Å²) in [6.07, 6.45) is 2.18.